The van der Waals surface area contributed by atoms with Gasteiger partial charge in [0.2, 0.25) is 0 Å². The number of hydrogen-bond acceptors (Lipinski definition) is 4. The molecule has 16 heavy (non-hydrogen) atoms. The van der Waals surface area contributed by atoms with Gasteiger partial charge < -0.3 is 15.6 Å². The number of aromatic nitrogens is 2. The molecule has 0 spiro atoms. The van der Waals surface area contributed by atoms with E-state index in [0.717, 1.165) is 32.5 Å². The van der Waals surface area contributed by atoms with E-state index in [0.29, 0.717) is 5.82 Å². The lowest BCUT2D eigenvalue weighted by Gasteiger charge is -2.14. The molecule has 5 heteroatoms. The molecule has 5 nitrogen and oxygen atoms in total. The highest BCUT2D eigenvalue weighted by atomic mass is 16.1. The molecule has 0 atom stereocenters. The van der Waals surface area contributed by atoms with Crippen molar-refractivity contribution in [3.05, 3.63) is 34.4 Å². The monoisotopic (exact) mass is 220 g/mol. The standard InChI is InChI=1S/C11H16N4O/c16-11-7-10(14-8-15-11)13-6-3-9-1-4-12-5-2-9/h1,7-8,12H,2-6H2,(H2,13,14,15,16). The minimum absolute atomic E-state index is 0.126. The molecular weight excluding hydrogens is 204 g/mol. The third-order valence-corrected chi connectivity index (χ3v) is 2.59. The summed E-state index contributed by atoms with van der Waals surface area (Å²) in [5.74, 6) is 0.637. The van der Waals surface area contributed by atoms with Gasteiger partial charge in [-0.1, -0.05) is 11.6 Å². The first-order valence-corrected chi connectivity index (χ1v) is 5.52. The van der Waals surface area contributed by atoms with E-state index in [4.69, 9.17) is 0 Å². The van der Waals surface area contributed by atoms with Crippen molar-refractivity contribution in [3.63, 3.8) is 0 Å². The van der Waals surface area contributed by atoms with E-state index in [1.165, 1.54) is 18.0 Å². The van der Waals surface area contributed by atoms with Gasteiger partial charge in [0.15, 0.2) is 0 Å². The number of rotatable bonds is 4. The SMILES string of the molecule is O=c1cc(NCCC2=CCNCC2)nc[nH]1. The number of nitrogens with one attached hydrogen (secondary N) is 3. The summed E-state index contributed by atoms with van der Waals surface area (Å²) in [6, 6.07) is 1.47. The van der Waals surface area contributed by atoms with Crippen molar-refractivity contribution in [2.75, 3.05) is 25.0 Å². The summed E-state index contributed by atoms with van der Waals surface area (Å²) in [6.07, 6.45) is 5.77. The minimum Gasteiger partial charge on any atom is -0.370 e. The Kier molecular flexibility index (Phi) is 3.71. The Morgan fingerprint density at radius 2 is 2.44 bits per heavy atom. The molecule has 0 radical (unpaired) electrons. The molecule has 2 heterocycles. The lowest BCUT2D eigenvalue weighted by molar-refractivity contribution is 0.683. The van der Waals surface area contributed by atoms with Crippen LogP contribution < -0.4 is 16.2 Å². The van der Waals surface area contributed by atoms with Gasteiger partial charge in [-0.2, -0.15) is 0 Å². The fourth-order valence-electron chi connectivity index (χ4n) is 1.71. The van der Waals surface area contributed by atoms with E-state index in [1.54, 1.807) is 0 Å². The molecule has 1 aliphatic rings. The molecule has 0 aromatic carbocycles. The van der Waals surface area contributed by atoms with Crippen molar-refractivity contribution in [3.8, 4) is 0 Å². The highest BCUT2D eigenvalue weighted by molar-refractivity contribution is 5.31. The maximum Gasteiger partial charge on any atom is 0.252 e. The van der Waals surface area contributed by atoms with E-state index in [-0.39, 0.29) is 5.56 Å². The maximum absolute atomic E-state index is 11.0. The second kappa shape index (κ2) is 5.46. The Morgan fingerprint density at radius 3 is 3.19 bits per heavy atom. The van der Waals surface area contributed by atoms with Crippen LogP contribution in [0.5, 0.6) is 0 Å². The van der Waals surface area contributed by atoms with E-state index in [1.807, 2.05) is 0 Å². The quantitative estimate of drug-likeness (QED) is 0.646. The number of hydrogen-bond donors (Lipinski definition) is 3. The van der Waals surface area contributed by atoms with Crippen LogP contribution in [-0.4, -0.2) is 29.6 Å². The average Bonchev–Trinajstić information content (AvgIpc) is 2.30. The van der Waals surface area contributed by atoms with Crippen molar-refractivity contribution >= 4 is 5.82 Å². The summed E-state index contributed by atoms with van der Waals surface area (Å²) in [4.78, 5) is 17.5. The van der Waals surface area contributed by atoms with Crippen molar-refractivity contribution in [1.29, 1.82) is 0 Å². The van der Waals surface area contributed by atoms with Crippen molar-refractivity contribution in [2.24, 2.45) is 0 Å². The van der Waals surface area contributed by atoms with Crippen molar-refractivity contribution in [1.82, 2.24) is 15.3 Å². The summed E-state index contributed by atoms with van der Waals surface area (Å²) < 4.78 is 0. The summed E-state index contributed by atoms with van der Waals surface area (Å²) >= 11 is 0. The van der Waals surface area contributed by atoms with Crippen LogP contribution in [0.3, 0.4) is 0 Å². The summed E-state index contributed by atoms with van der Waals surface area (Å²) in [6.45, 7) is 2.86. The van der Waals surface area contributed by atoms with E-state index in [9.17, 15) is 4.79 Å². The zero-order valence-corrected chi connectivity index (χ0v) is 9.12. The molecule has 0 saturated carbocycles. The van der Waals surface area contributed by atoms with Gasteiger partial charge in [0.1, 0.15) is 5.82 Å². The second-order valence-electron chi connectivity index (χ2n) is 3.79. The van der Waals surface area contributed by atoms with E-state index < -0.39 is 0 Å². The Labute approximate surface area is 94.0 Å². The summed E-state index contributed by atoms with van der Waals surface area (Å²) in [7, 11) is 0. The smallest absolute Gasteiger partial charge is 0.252 e. The fourth-order valence-corrected chi connectivity index (χ4v) is 1.71. The van der Waals surface area contributed by atoms with E-state index in [2.05, 4.69) is 26.7 Å². The predicted octanol–water partition coefficient (Wildman–Crippen LogP) is 0.492. The number of nitrogens with zero attached hydrogens (tertiary/aromatic N) is 1. The van der Waals surface area contributed by atoms with Gasteiger partial charge in [-0.3, -0.25) is 4.79 Å². The first kappa shape index (κ1) is 10.9. The van der Waals surface area contributed by atoms with Gasteiger partial charge in [0.05, 0.1) is 6.33 Å². The van der Waals surface area contributed by atoms with Crippen molar-refractivity contribution < 1.29 is 0 Å². The molecule has 1 aromatic rings. The van der Waals surface area contributed by atoms with Gasteiger partial charge in [0, 0.05) is 19.2 Å². The first-order chi connectivity index (χ1) is 7.84. The van der Waals surface area contributed by atoms with Crippen molar-refractivity contribution in [2.45, 2.75) is 12.8 Å². The van der Waals surface area contributed by atoms with Gasteiger partial charge in [-0.15, -0.1) is 0 Å². The predicted molar refractivity (Wildman–Crippen MR) is 63.5 cm³/mol. The molecule has 1 aliphatic heterocycles. The molecule has 0 unspecified atom stereocenters. The van der Waals surface area contributed by atoms with Gasteiger partial charge >= 0.3 is 0 Å². The Hall–Kier alpha value is -1.62. The molecule has 2 rings (SSSR count). The fraction of sp³-hybridized carbons (Fsp3) is 0.455. The number of H-pyrrole nitrogens is 1. The molecule has 0 saturated heterocycles. The second-order valence-corrected chi connectivity index (χ2v) is 3.79. The van der Waals surface area contributed by atoms with Crippen LogP contribution >= 0.6 is 0 Å². The Balaban J connectivity index is 1.79. The largest absolute Gasteiger partial charge is 0.370 e. The zero-order chi connectivity index (χ0) is 11.2. The molecule has 0 bridgehead atoms. The molecule has 0 aliphatic carbocycles. The molecule has 0 fully saturated rings. The van der Waals surface area contributed by atoms with Crippen LogP contribution in [0.4, 0.5) is 5.82 Å². The van der Waals surface area contributed by atoms with E-state index >= 15 is 0 Å². The molecule has 0 amide bonds. The Morgan fingerprint density at radius 1 is 1.50 bits per heavy atom. The van der Waals surface area contributed by atoms with Crippen LogP contribution in [0, 0.1) is 0 Å². The van der Waals surface area contributed by atoms with Crippen LogP contribution in [0.25, 0.3) is 0 Å². The lowest BCUT2D eigenvalue weighted by Crippen LogP contribution is -2.21. The normalized spacial score (nSPS) is 15.6. The first-order valence-electron chi connectivity index (χ1n) is 5.52. The topological polar surface area (TPSA) is 69.8 Å². The third kappa shape index (κ3) is 3.20. The van der Waals surface area contributed by atoms with Crippen LogP contribution in [-0.2, 0) is 0 Å². The molecule has 1 aromatic heterocycles. The highest BCUT2D eigenvalue weighted by Crippen LogP contribution is 2.09. The van der Waals surface area contributed by atoms with Crippen LogP contribution in [0.15, 0.2) is 28.8 Å². The minimum atomic E-state index is -0.126. The third-order valence-electron chi connectivity index (χ3n) is 2.59. The summed E-state index contributed by atoms with van der Waals surface area (Å²) in [5.41, 5.74) is 1.34. The van der Waals surface area contributed by atoms with Gasteiger partial charge in [-0.05, 0) is 19.4 Å². The van der Waals surface area contributed by atoms with Crippen LogP contribution in [0.1, 0.15) is 12.8 Å². The van der Waals surface area contributed by atoms with Crippen LogP contribution in [0.2, 0.25) is 0 Å². The molecule has 3 N–H and O–H groups in total. The molecule has 86 valence electrons. The summed E-state index contributed by atoms with van der Waals surface area (Å²) in [5, 5.41) is 6.42. The Bertz CT molecular complexity index is 424. The number of anilines is 1. The highest BCUT2D eigenvalue weighted by Gasteiger charge is 2.02. The molecular formula is C11H16N4O. The maximum atomic E-state index is 11.0. The lowest BCUT2D eigenvalue weighted by atomic mass is 10.1. The van der Waals surface area contributed by atoms with Gasteiger partial charge in [-0.25, -0.2) is 4.98 Å². The average molecular weight is 220 g/mol. The van der Waals surface area contributed by atoms with Gasteiger partial charge in [0.25, 0.3) is 5.56 Å². The number of aromatic amines is 1. The zero-order valence-electron chi connectivity index (χ0n) is 9.12.